The molecule has 9 heteroatoms. The smallest absolute Gasteiger partial charge is 0.324 e. The van der Waals surface area contributed by atoms with Crippen LogP contribution >= 0.6 is 22.7 Å². The largest absolute Gasteiger partial charge is 0.480 e. The van der Waals surface area contributed by atoms with E-state index >= 15 is 0 Å². The molecule has 1 fully saturated rings. The zero-order valence-corrected chi connectivity index (χ0v) is 22.9. The molecule has 4 heterocycles. The number of aromatic nitrogens is 1. The molecule has 0 bridgehead atoms. The second-order valence-electron chi connectivity index (χ2n) is 10.5. The molecule has 1 aromatic carbocycles. The quantitative estimate of drug-likeness (QED) is 0.272. The normalized spacial score (nSPS) is 18.5. The van der Waals surface area contributed by atoms with Gasteiger partial charge in [-0.25, -0.2) is 4.98 Å². The van der Waals surface area contributed by atoms with Crippen LogP contribution in [0.25, 0.3) is 22.4 Å². The summed E-state index contributed by atoms with van der Waals surface area (Å²) in [4.78, 5) is 35.2. The number of hydrogen-bond acceptors (Lipinski definition) is 7. The van der Waals surface area contributed by atoms with Crippen LogP contribution < -0.4 is 4.90 Å². The van der Waals surface area contributed by atoms with Crippen LogP contribution in [0, 0.1) is 5.41 Å². The first kappa shape index (κ1) is 25.6. The molecule has 1 atom stereocenters. The Bertz CT molecular complexity index is 1370. The molecule has 37 heavy (non-hydrogen) atoms. The number of rotatable bonds is 8. The summed E-state index contributed by atoms with van der Waals surface area (Å²) >= 11 is 2.82. The molecule has 1 aliphatic heterocycles. The van der Waals surface area contributed by atoms with Gasteiger partial charge in [-0.3, -0.25) is 19.4 Å². The molecule has 0 saturated carbocycles. The topological polar surface area (TPSA) is 86.9 Å². The zero-order valence-electron chi connectivity index (χ0n) is 21.3. The Kier molecular flexibility index (Phi) is 6.95. The van der Waals surface area contributed by atoms with E-state index in [4.69, 9.17) is 9.40 Å². The maximum Gasteiger partial charge on any atom is 0.324 e. The molecule has 0 aliphatic carbocycles. The third-order valence-electron chi connectivity index (χ3n) is 7.29. The number of nitrogens with zero attached hydrogens (tertiary/aromatic N) is 3. The number of aliphatic carboxylic acids is 1. The van der Waals surface area contributed by atoms with E-state index in [1.165, 1.54) is 22.7 Å². The first-order valence-corrected chi connectivity index (χ1v) is 14.2. The van der Waals surface area contributed by atoms with Gasteiger partial charge in [0, 0.05) is 23.9 Å². The average molecular weight is 538 g/mol. The molecule has 0 unspecified atom stereocenters. The van der Waals surface area contributed by atoms with Gasteiger partial charge < -0.3 is 9.52 Å². The van der Waals surface area contributed by atoms with Gasteiger partial charge in [-0.2, -0.15) is 0 Å². The number of anilines is 1. The molecule has 0 spiro atoms. The number of furan rings is 1. The lowest BCUT2D eigenvalue weighted by Gasteiger charge is -2.45. The van der Waals surface area contributed by atoms with Crippen molar-refractivity contribution in [2.24, 2.45) is 5.41 Å². The van der Waals surface area contributed by atoms with Crippen LogP contribution in [0.4, 0.5) is 5.13 Å². The van der Waals surface area contributed by atoms with Gasteiger partial charge in [-0.05, 0) is 54.8 Å². The maximum absolute atomic E-state index is 13.5. The molecule has 1 saturated heterocycles. The number of carboxylic acid groups (broad SMARTS) is 1. The van der Waals surface area contributed by atoms with Crippen molar-refractivity contribution in [3.8, 4) is 11.5 Å². The van der Waals surface area contributed by atoms with Gasteiger partial charge in [0.1, 0.15) is 16.8 Å². The molecule has 1 N–H and O–H groups in total. The van der Waals surface area contributed by atoms with Crippen molar-refractivity contribution in [2.45, 2.75) is 45.6 Å². The standard InChI is InChI=1S/C28H31N3O4S2/c1-27(2,3)28(25(33)34)12-7-13-30(28)14-8-15-31(24(32)23-11-6-16-36-23)26-29-20(18-37-26)22-17-19-9-4-5-10-21(19)35-22/h4-6,9-11,16-18H,7-8,12-15H2,1-3H3,(H,33,34)/t28-/m1/s1. The fourth-order valence-corrected chi connectivity index (χ4v) is 6.95. The molecule has 5 rings (SSSR count). The fourth-order valence-electron chi connectivity index (χ4n) is 5.44. The summed E-state index contributed by atoms with van der Waals surface area (Å²) < 4.78 is 5.99. The van der Waals surface area contributed by atoms with Gasteiger partial charge in [0.05, 0.1) is 4.88 Å². The van der Waals surface area contributed by atoms with Crippen molar-refractivity contribution in [1.82, 2.24) is 9.88 Å². The number of carbonyl (C=O) groups excluding carboxylic acids is 1. The number of para-hydroxylation sites is 1. The van der Waals surface area contributed by atoms with E-state index in [-0.39, 0.29) is 5.91 Å². The van der Waals surface area contributed by atoms with Crippen LogP contribution in [0.1, 0.15) is 49.7 Å². The Morgan fingerprint density at radius 2 is 2.00 bits per heavy atom. The van der Waals surface area contributed by atoms with Crippen molar-refractivity contribution in [3.05, 3.63) is 58.1 Å². The highest BCUT2D eigenvalue weighted by Crippen LogP contribution is 2.44. The summed E-state index contributed by atoms with van der Waals surface area (Å²) in [5.41, 5.74) is 0.186. The molecule has 4 aromatic rings. The molecule has 1 aliphatic rings. The van der Waals surface area contributed by atoms with E-state index in [2.05, 4.69) is 4.90 Å². The number of amides is 1. The highest BCUT2D eigenvalue weighted by Gasteiger charge is 2.55. The van der Waals surface area contributed by atoms with Crippen molar-refractivity contribution >= 4 is 50.7 Å². The second kappa shape index (κ2) is 10.0. The van der Waals surface area contributed by atoms with E-state index in [0.29, 0.717) is 47.4 Å². The number of likely N-dealkylation sites (tertiary alicyclic amines) is 1. The van der Waals surface area contributed by atoms with Gasteiger partial charge in [0.15, 0.2) is 10.9 Å². The number of thiazole rings is 1. The monoisotopic (exact) mass is 537 g/mol. The first-order valence-electron chi connectivity index (χ1n) is 12.5. The summed E-state index contributed by atoms with van der Waals surface area (Å²) in [5, 5.41) is 15.6. The lowest BCUT2D eigenvalue weighted by molar-refractivity contribution is -0.157. The molecule has 194 valence electrons. The summed E-state index contributed by atoms with van der Waals surface area (Å²) in [7, 11) is 0. The lowest BCUT2D eigenvalue weighted by atomic mass is 9.71. The third-order valence-corrected chi connectivity index (χ3v) is 9.01. The van der Waals surface area contributed by atoms with E-state index in [9.17, 15) is 14.7 Å². The number of carbonyl (C=O) groups is 2. The fraction of sp³-hybridized carbons (Fsp3) is 0.393. The van der Waals surface area contributed by atoms with Crippen LogP contribution in [0.3, 0.4) is 0 Å². The Hall–Kier alpha value is -3.01. The van der Waals surface area contributed by atoms with Crippen LogP contribution in [0.5, 0.6) is 0 Å². The average Bonchev–Trinajstić information content (AvgIpc) is 3.66. The summed E-state index contributed by atoms with van der Waals surface area (Å²) in [6.07, 6.45) is 2.13. The van der Waals surface area contributed by atoms with Gasteiger partial charge >= 0.3 is 5.97 Å². The Labute approximate surface area is 224 Å². The Balaban J connectivity index is 1.37. The van der Waals surface area contributed by atoms with Crippen LogP contribution in [-0.2, 0) is 4.79 Å². The molecular weight excluding hydrogens is 506 g/mol. The van der Waals surface area contributed by atoms with Gasteiger partial charge in [-0.1, -0.05) is 45.0 Å². The molecule has 7 nitrogen and oxygen atoms in total. The SMILES string of the molecule is CC(C)(C)[C@]1(C(=O)O)CCCN1CCCN(C(=O)c1cccs1)c1nc(-c2cc3ccccc3o2)cs1. The van der Waals surface area contributed by atoms with E-state index in [1.807, 2.05) is 74.0 Å². The van der Waals surface area contributed by atoms with Gasteiger partial charge in [0.2, 0.25) is 0 Å². The van der Waals surface area contributed by atoms with Crippen LogP contribution in [0.2, 0.25) is 0 Å². The zero-order chi connectivity index (χ0) is 26.2. The number of fused-ring (bicyclic) bond motifs is 1. The maximum atomic E-state index is 13.5. The number of benzene rings is 1. The van der Waals surface area contributed by atoms with Gasteiger partial charge in [0.25, 0.3) is 5.91 Å². The number of carboxylic acids is 1. The van der Waals surface area contributed by atoms with Crippen molar-refractivity contribution in [1.29, 1.82) is 0 Å². The minimum absolute atomic E-state index is 0.0951. The first-order chi connectivity index (χ1) is 17.7. The second-order valence-corrected chi connectivity index (χ2v) is 12.2. The highest BCUT2D eigenvalue weighted by atomic mass is 32.1. The molecule has 3 aromatic heterocycles. The van der Waals surface area contributed by atoms with Crippen molar-refractivity contribution in [2.75, 3.05) is 24.5 Å². The van der Waals surface area contributed by atoms with E-state index in [0.717, 1.165) is 23.9 Å². The van der Waals surface area contributed by atoms with Crippen LogP contribution in [0.15, 0.2) is 57.6 Å². The summed E-state index contributed by atoms with van der Waals surface area (Å²) in [5.74, 6) is -0.192. The van der Waals surface area contributed by atoms with Gasteiger partial charge in [-0.15, -0.1) is 22.7 Å². The predicted molar refractivity (Wildman–Crippen MR) is 149 cm³/mol. The summed E-state index contributed by atoms with van der Waals surface area (Å²) in [6.45, 7) is 7.79. The molecule has 0 radical (unpaired) electrons. The Morgan fingerprint density at radius 1 is 1.19 bits per heavy atom. The third kappa shape index (κ3) is 4.71. The van der Waals surface area contributed by atoms with E-state index in [1.54, 1.807) is 4.90 Å². The lowest BCUT2D eigenvalue weighted by Crippen LogP contribution is -2.59. The minimum atomic E-state index is -0.898. The predicted octanol–water partition coefficient (Wildman–Crippen LogP) is 6.62. The summed E-state index contributed by atoms with van der Waals surface area (Å²) in [6, 6.07) is 13.5. The van der Waals surface area contributed by atoms with Crippen LogP contribution in [-0.4, -0.2) is 52.0 Å². The number of thiophene rings is 1. The number of hydrogen-bond donors (Lipinski definition) is 1. The van der Waals surface area contributed by atoms with E-state index < -0.39 is 16.9 Å². The minimum Gasteiger partial charge on any atom is -0.480 e. The highest BCUT2D eigenvalue weighted by molar-refractivity contribution is 7.14. The molecular formula is C28H31N3O4S2. The van der Waals surface area contributed by atoms with Crippen molar-refractivity contribution < 1.29 is 19.1 Å². The van der Waals surface area contributed by atoms with Crippen molar-refractivity contribution in [3.63, 3.8) is 0 Å². The Morgan fingerprint density at radius 3 is 2.70 bits per heavy atom. The molecule has 1 amide bonds.